The third-order valence-electron chi connectivity index (χ3n) is 5.98. The first kappa shape index (κ1) is 18.7. The van der Waals surface area contributed by atoms with Crippen molar-refractivity contribution in [2.24, 2.45) is 0 Å². The van der Waals surface area contributed by atoms with Crippen LogP contribution in [0.3, 0.4) is 0 Å². The Kier molecular flexibility index (Phi) is 5.47. The Labute approximate surface area is 166 Å². The molecule has 2 aromatic carbocycles. The van der Waals surface area contributed by atoms with Gasteiger partial charge in [-0.15, -0.1) is 0 Å². The molecule has 0 aromatic heterocycles. The summed E-state index contributed by atoms with van der Waals surface area (Å²) in [6.45, 7) is 3.50. The van der Waals surface area contributed by atoms with Gasteiger partial charge in [0.05, 0.1) is 6.04 Å². The van der Waals surface area contributed by atoms with Crippen molar-refractivity contribution < 1.29 is 9.59 Å². The summed E-state index contributed by atoms with van der Waals surface area (Å²) in [7, 11) is 0. The predicted molar refractivity (Wildman–Crippen MR) is 110 cm³/mol. The van der Waals surface area contributed by atoms with E-state index in [1.165, 1.54) is 30.4 Å². The maximum atomic E-state index is 12.6. The first-order chi connectivity index (χ1) is 13.6. The van der Waals surface area contributed by atoms with Crippen LogP contribution in [-0.2, 0) is 24.2 Å². The van der Waals surface area contributed by atoms with Crippen LogP contribution in [-0.4, -0.2) is 23.3 Å². The minimum Gasteiger partial charge on any atom is -0.346 e. The average Bonchev–Trinajstić information content (AvgIpc) is 3.12. The summed E-state index contributed by atoms with van der Waals surface area (Å²) < 4.78 is 0. The molecule has 1 heterocycles. The lowest BCUT2D eigenvalue weighted by molar-refractivity contribution is -0.128. The number of carbonyl (C=O) groups excluding carboxylic acids is 2. The number of hydrogen-bond acceptors (Lipinski definition) is 2. The van der Waals surface area contributed by atoms with Crippen LogP contribution in [0.25, 0.3) is 0 Å². The second-order valence-electron chi connectivity index (χ2n) is 8.05. The molecule has 1 aliphatic carbocycles. The molecule has 2 amide bonds. The van der Waals surface area contributed by atoms with Crippen molar-refractivity contribution in [2.45, 2.75) is 58.0 Å². The second kappa shape index (κ2) is 8.17. The highest BCUT2D eigenvalue weighted by Gasteiger charge is 2.20. The van der Waals surface area contributed by atoms with Crippen LogP contribution in [0.5, 0.6) is 0 Å². The minimum absolute atomic E-state index is 0.0263. The third-order valence-corrected chi connectivity index (χ3v) is 5.98. The van der Waals surface area contributed by atoms with Crippen molar-refractivity contribution in [1.29, 1.82) is 0 Å². The number of benzene rings is 2. The number of fused-ring (bicyclic) bond motifs is 1. The number of rotatable bonds is 5. The molecule has 28 heavy (non-hydrogen) atoms. The van der Waals surface area contributed by atoms with Crippen LogP contribution in [0, 0.1) is 0 Å². The molecule has 2 aliphatic rings. The fourth-order valence-electron chi connectivity index (χ4n) is 4.24. The van der Waals surface area contributed by atoms with Crippen LogP contribution < -0.4 is 5.32 Å². The molecule has 2 aromatic rings. The van der Waals surface area contributed by atoms with Gasteiger partial charge in [0.2, 0.25) is 5.91 Å². The van der Waals surface area contributed by atoms with Gasteiger partial charge in [-0.1, -0.05) is 30.3 Å². The number of aryl methyl sites for hydroxylation is 2. The molecule has 4 heteroatoms. The molecule has 0 spiro atoms. The van der Waals surface area contributed by atoms with Crippen molar-refractivity contribution in [1.82, 2.24) is 10.2 Å². The van der Waals surface area contributed by atoms with E-state index in [1.807, 2.05) is 36.1 Å². The summed E-state index contributed by atoms with van der Waals surface area (Å²) in [6, 6.07) is 14.2. The Morgan fingerprint density at radius 3 is 2.46 bits per heavy atom. The van der Waals surface area contributed by atoms with E-state index in [1.54, 1.807) is 0 Å². The smallest absolute Gasteiger partial charge is 0.251 e. The Hall–Kier alpha value is -2.62. The van der Waals surface area contributed by atoms with E-state index in [0.717, 1.165) is 30.5 Å². The fourth-order valence-corrected chi connectivity index (χ4v) is 4.24. The molecular formula is C24H28N2O2. The van der Waals surface area contributed by atoms with Crippen LogP contribution in [0.4, 0.5) is 0 Å². The number of likely N-dealkylation sites (tertiary alicyclic amines) is 1. The zero-order valence-corrected chi connectivity index (χ0v) is 16.5. The molecule has 1 atom stereocenters. The number of amides is 2. The molecule has 1 aliphatic heterocycles. The summed E-state index contributed by atoms with van der Waals surface area (Å²) in [5, 5.41) is 3.12. The van der Waals surface area contributed by atoms with Gasteiger partial charge in [-0.2, -0.15) is 0 Å². The lowest BCUT2D eigenvalue weighted by Crippen LogP contribution is -2.27. The Morgan fingerprint density at radius 2 is 1.75 bits per heavy atom. The molecule has 0 radical (unpaired) electrons. The van der Waals surface area contributed by atoms with Gasteiger partial charge < -0.3 is 10.2 Å². The molecule has 0 unspecified atom stereocenters. The number of hydrogen-bond donors (Lipinski definition) is 1. The summed E-state index contributed by atoms with van der Waals surface area (Å²) in [5.41, 5.74) is 5.78. The van der Waals surface area contributed by atoms with Crippen molar-refractivity contribution >= 4 is 11.8 Å². The van der Waals surface area contributed by atoms with Crippen molar-refractivity contribution in [3.8, 4) is 0 Å². The van der Waals surface area contributed by atoms with E-state index in [-0.39, 0.29) is 17.9 Å². The normalized spacial score (nSPS) is 17.3. The maximum Gasteiger partial charge on any atom is 0.251 e. The zero-order chi connectivity index (χ0) is 19.5. The van der Waals surface area contributed by atoms with Gasteiger partial charge >= 0.3 is 0 Å². The monoisotopic (exact) mass is 376 g/mol. The highest BCUT2D eigenvalue weighted by atomic mass is 16.2. The summed E-state index contributed by atoms with van der Waals surface area (Å²) in [5.74, 6) is 0.162. The summed E-state index contributed by atoms with van der Waals surface area (Å²) >= 11 is 0. The van der Waals surface area contributed by atoms with Gasteiger partial charge in [0.25, 0.3) is 5.91 Å². The predicted octanol–water partition coefficient (Wildman–Crippen LogP) is 4.18. The van der Waals surface area contributed by atoms with Gasteiger partial charge in [-0.3, -0.25) is 9.59 Å². The molecule has 0 saturated carbocycles. The summed E-state index contributed by atoms with van der Waals surface area (Å²) in [6.07, 6.45) is 6.45. The zero-order valence-electron chi connectivity index (χ0n) is 16.5. The first-order valence-corrected chi connectivity index (χ1v) is 10.4. The van der Waals surface area contributed by atoms with E-state index in [9.17, 15) is 9.59 Å². The quantitative estimate of drug-likeness (QED) is 0.851. The maximum absolute atomic E-state index is 12.6. The van der Waals surface area contributed by atoms with E-state index in [0.29, 0.717) is 18.5 Å². The van der Waals surface area contributed by atoms with Gasteiger partial charge in [0.15, 0.2) is 0 Å². The number of carbonyl (C=O) groups is 2. The average molecular weight is 377 g/mol. The van der Waals surface area contributed by atoms with Crippen molar-refractivity contribution in [3.05, 3.63) is 70.3 Å². The van der Waals surface area contributed by atoms with E-state index >= 15 is 0 Å². The minimum atomic E-state index is -0.0611. The number of nitrogens with one attached hydrogen (secondary N) is 1. The highest BCUT2D eigenvalue weighted by Crippen LogP contribution is 2.25. The Morgan fingerprint density at radius 1 is 1.00 bits per heavy atom. The van der Waals surface area contributed by atoms with Crippen molar-refractivity contribution in [3.63, 3.8) is 0 Å². The second-order valence-corrected chi connectivity index (χ2v) is 8.05. The van der Waals surface area contributed by atoms with Crippen LogP contribution >= 0.6 is 0 Å². The van der Waals surface area contributed by atoms with Gasteiger partial charge in [0.1, 0.15) is 0 Å². The van der Waals surface area contributed by atoms with Crippen LogP contribution in [0.15, 0.2) is 42.5 Å². The van der Waals surface area contributed by atoms with E-state index in [4.69, 9.17) is 0 Å². The molecule has 146 valence electrons. The largest absolute Gasteiger partial charge is 0.346 e. The summed E-state index contributed by atoms with van der Waals surface area (Å²) in [4.78, 5) is 26.3. The standard InChI is InChI=1S/C24H28N2O2/c1-17(21-13-12-19-5-2-3-6-22(19)15-21)25-24(28)20-10-8-18(9-11-20)16-26-14-4-7-23(26)27/h8-13,15,17H,2-7,14,16H2,1H3,(H,25,28)/t17-/m1/s1. The molecule has 4 rings (SSSR count). The van der Waals surface area contributed by atoms with Gasteiger partial charge in [-0.25, -0.2) is 0 Å². The lowest BCUT2D eigenvalue weighted by atomic mass is 9.89. The highest BCUT2D eigenvalue weighted by molar-refractivity contribution is 5.94. The molecule has 4 nitrogen and oxygen atoms in total. The Balaban J connectivity index is 1.38. The Bertz CT molecular complexity index is 873. The molecule has 1 saturated heterocycles. The van der Waals surface area contributed by atoms with Gasteiger partial charge in [0, 0.05) is 25.1 Å². The molecule has 1 N–H and O–H groups in total. The molecule has 1 fully saturated rings. The fraction of sp³-hybridized carbons (Fsp3) is 0.417. The number of nitrogens with zero attached hydrogens (tertiary/aromatic N) is 1. The molecular weight excluding hydrogens is 348 g/mol. The van der Waals surface area contributed by atoms with E-state index < -0.39 is 0 Å². The molecule has 0 bridgehead atoms. The van der Waals surface area contributed by atoms with Crippen LogP contribution in [0.2, 0.25) is 0 Å². The SMILES string of the molecule is C[C@@H](NC(=O)c1ccc(CN2CCCC2=O)cc1)c1ccc2c(c1)CCCC2. The van der Waals surface area contributed by atoms with Crippen LogP contribution in [0.1, 0.15) is 71.3 Å². The third kappa shape index (κ3) is 4.11. The van der Waals surface area contributed by atoms with Crippen molar-refractivity contribution in [2.75, 3.05) is 6.54 Å². The first-order valence-electron chi connectivity index (χ1n) is 10.4. The van der Waals surface area contributed by atoms with E-state index in [2.05, 4.69) is 23.5 Å². The van der Waals surface area contributed by atoms with Gasteiger partial charge in [-0.05, 0) is 73.4 Å². The topological polar surface area (TPSA) is 49.4 Å². The lowest BCUT2D eigenvalue weighted by Gasteiger charge is -2.20.